The summed E-state index contributed by atoms with van der Waals surface area (Å²) in [4.78, 5) is 12.2. The molecule has 3 heteroatoms. The molecule has 19 heavy (non-hydrogen) atoms. The van der Waals surface area contributed by atoms with Gasteiger partial charge in [0.25, 0.3) is 0 Å². The van der Waals surface area contributed by atoms with E-state index in [0.717, 1.165) is 31.2 Å². The van der Waals surface area contributed by atoms with Gasteiger partial charge in [-0.25, -0.2) is 0 Å². The van der Waals surface area contributed by atoms with E-state index < -0.39 is 0 Å². The molecule has 0 radical (unpaired) electrons. The van der Waals surface area contributed by atoms with Gasteiger partial charge in [-0.1, -0.05) is 43.7 Å². The van der Waals surface area contributed by atoms with E-state index in [2.05, 4.69) is 5.32 Å². The molecule has 1 amide bonds. The van der Waals surface area contributed by atoms with Crippen LogP contribution in [-0.2, 0) is 4.79 Å². The van der Waals surface area contributed by atoms with Crippen LogP contribution in [0.25, 0.3) is 0 Å². The number of carbonyl (C=O) groups excluding carboxylic acids is 1. The van der Waals surface area contributed by atoms with Crippen LogP contribution in [0, 0.1) is 5.92 Å². The Bertz CT molecular complexity index is 404. The van der Waals surface area contributed by atoms with Gasteiger partial charge in [0, 0.05) is 12.5 Å². The number of aliphatic hydroxyl groups is 1. The molecule has 1 aliphatic rings. The van der Waals surface area contributed by atoms with E-state index in [4.69, 9.17) is 0 Å². The Morgan fingerprint density at radius 3 is 2.68 bits per heavy atom. The second-order valence-electron chi connectivity index (χ2n) is 5.38. The summed E-state index contributed by atoms with van der Waals surface area (Å²) in [5, 5.41) is 12.8. The van der Waals surface area contributed by atoms with Crippen molar-refractivity contribution in [3.63, 3.8) is 0 Å². The molecule has 0 saturated heterocycles. The van der Waals surface area contributed by atoms with Crippen molar-refractivity contribution in [2.75, 3.05) is 6.54 Å². The van der Waals surface area contributed by atoms with E-state index in [-0.39, 0.29) is 23.8 Å². The van der Waals surface area contributed by atoms with Crippen molar-refractivity contribution in [1.29, 1.82) is 0 Å². The van der Waals surface area contributed by atoms with Crippen LogP contribution in [0.5, 0.6) is 0 Å². The lowest BCUT2D eigenvalue weighted by atomic mass is 9.95. The van der Waals surface area contributed by atoms with Crippen LogP contribution in [0.3, 0.4) is 0 Å². The van der Waals surface area contributed by atoms with Crippen molar-refractivity contribution in [3.8, 4) is 0 Å². The van der Waals surface area contributed by atoms with Gasteiger partial charge in [0.2, 0.25) is 5.91 Å². The molecule has 0 aliphatic heterocycles. The molecule has 2 N–H and O–H groups in total. The Labute approximate surface area is 115 Å². The third kappa shape index (κ3) is 3.57. The Kier molecular flexibility index (Phi) is 4.97. The van der Waals surface area contributed by atoms with Crippen LogP contribution in [0.1, 0.15) is 44.1 Å². The zero-order chi connectivity index (χ0) is 13.7. The van der Waals surface area contributed by atoms with Crippen molar-refractivity contribution < 1.29 is 9.90 Å². The maximum Gasteiger partial charge on any atom is 0.227 e. The fraction of sp³-hybridized carbons (Fsp3) is 0.562. The number of aliphatic hydroxyl groups excluding tert-OH is 1. The van der Waals surface area contributed by atoms with Gasteiger partial charge in [0.1, 0.15) is 0 Å². The summed E-state index contributed by atoms with van der Waals surface area (Å²) in [7, 11) is 0. The molecular formula is C16H23NO2. The largest absolute Gasteiger partial charge is 0.393 e. The first kappa shape index (κ1) is 14.1. The number of benzene rings is 1. The number of amides is 1. The topological polar surface area (TPSA) is 49.3 Å². The van der Waals surface area contributed by atoms with Crippen LogP contribution in [0.2, 0.25) is 0 Å². The van der Waals surface area contributed by atoms with Crippen molar-refractivity contribution in [1.82, 2.24) is 5.32 Å². The number of hydrogen-bond acceptors (Lipinski definition) is 2. The highest BCUT2D eigenvalue weighted by Crippen LogP contribution is 2.25. The van der Waals surface area contributed by atoms with Crippen LogP contribution >= 0.6 is 0 Å². The molecule has 0 heterocycles. The van der Waals surface area contributed by atoms with E-state index in [1.54, 1.807) is 0 Å². The summed E-state index contributed by atoms with van der Waals surface area (Å²) in [6.07, 6.45) is 3.51. The van der Waals surface area contributed by atoms with Gasteiger partial charge in [-0.3, -0.25) is 4.79 Å². The van der Waals surface area contributed by atoms with Crippen LogP contribution in [0.4, 0.5) is 0 Å². The average Bonchev–Trinajstić information content (AvgIpc) is 2.84. The fourth-order valence-corrected chi connectivity index (χ4v) is 2.87. The maximum atomic E-state index is 12.2. The van der Waals surface area contributed by atoms with Crippen molar-refractivity contribution in [2.45, 2.75) is 44.6 Å². The smallest absolute Gasteiger partial charge is 0.227 e. The summed E-state index contributed by atoms with van der Waals surface area (Å²) in [6, 6.07) is 9.89. The lowest BCUT2D eigenvalue weighted by Gasteiger charge is -2.19. The molecule has 1 saturated carbocycles. The summed E-state index contributed by atoms with van der Waals surface area (Å²) in [5.74, 6) is 0.227. The zero-order valence-corrected chi connectivity index (χ0v) is 11.5. The van der Waals surface area contributed by atoms with Gasteiger partial charge < -0.3 is 10.4 Å². The first-order valence-corrected chi connectivity index (χ1v) is 7.23. The van der Waals surface area contributed by atoms with Gasteiger partial charge in [-0.05, 0) is 24.8 Å². The molecule has 0 bridgehead atoms. The minimum absolute atomic E-state index is 0.0767. The second kappa shape index (κ2) is 6.71. The average molecular weight is 261 g/mol. The van der Waals surface area contributed by atoms with Gasteiger partial charge in [-0.15, -0.1) is 0 Å². The third-order valence-electron chi connectivity index (χ3n) is 4.08. The third-order valence-corrected chi connectivity index (χ3v) is 4.08. The number of rotatable bonds is 5. The molecule has 1 fully saturated rings. The Morgan fingerprint density at radius 1 is 1.37 bits per heavy atom. The SMILES string of the molecule is CCC(C(=O)NCC1CCCC1O)c1ccccc1. The Balaban J connectivity index is 1.90. The first-order chi connectivity index (χ1) is 9.22. The van der Waals surface area contributed by atoms with Crippen LogP contribution in [0.15, 0.2) is 30.3 Å². The summed E-state index contributed by atoms with van der Waals surface area (Å²) >= 11 is 0. The van der Waals surface area contributed by atoms with Gasteiger partial charge in [0.15, 0.2) is 0 Å². The Hall–Kier alpha value is -1.35. The molecule has 104 valence electrons. The lowest BCUT2D eigenvalue weighted by molar-refractivity contribution is -0.122. The fourth-order valence-electron chi connectivity index (χ4n) is 2.87. The molecule has 0 aromatic heterocycles. The highest BCUT2D eigenvalue weighted by atomic mass is 16.3. The highest BCUT2D eigenvalue weighted by Gasteiger charge is 2.26. The number of hydrogen-bond donors (Lipinski definition) is 2. The van der Waals surface area contributed by atoms with Gasteiger partial charge >= 0.3 is 0 Å². The molecule has 3 atom stereocenters. The van der Waals surface area contributed by atoms with E-state index in [1.807, 2.05) is 37.3 Å². The van der Waals surface area contributed by atoms with E-state index in [0.29, 0.717) is 6.54 Å². The quantitative estimate of drug-likeness (QED) is 0.855. The normalized spacial score (nSPS) is 24.1. The zero-order valence-electron chi connectivity index (χ0n) is 11.5. The highest BCUT2D eigenvalue weighted by molar-refractivity contribution is 5.83. The molecule has 3 unspecified atom stereocenters. The van der Waals surface area contributed by atoms with Crippen LogP contribution < -0.4 is 5.32 Å². The molecule has 3 nitrogen and oxygen atoms in total. The molecule has 2 rings (SSSR count). The van der Waals surface area contributed by atoms with Crippen LogP contribution in [-0.4, -0.2) is 23.7 Å². The summed E-state index contributed by atoms with van der Waals surface area (Å²) in [6.45, 7) is 2.63. The molecular weight excluding hydrogens is 238 g/mol. The minimum atomic E-state index is -0.239. The molecule has 1 aliphatic carbocycles. The molecule has 0 spiro atoms. The Morgan fingerprint density at radius 2 is 2.11 bits per heavy atom. The van der Waals surface area contributed by atoms with E-state index in [9.17, 15) is 9.90 Å². The van der Waals surface area contributed by atoms with Crippen molar-refractivity contribution in [2.24, 2.45) is 5.92 Å². The monoisotopic (exact) mass is 261 g/mol. The maximum absolute atomic E-state index is 12.2. The predicted octanol–water partition coefficient (Wildman–Crippen LogP) is 2.46. The number of nitrogens with one attached hydrogen (secondary N) is 1. The molecule has 1 aromatic rings. The van der Waals surface area contributed by atoms with E-state index >= 15 is 0 Å². The van der Waals surface area contributed by atoms with Crippen molar-refractivity contribution in [3.05, 3.63) is 35.9 Å². The van der Waals surface area contributed by atoms with Gasteiger partial charge in [-0.2, -0.15) is 0 Å². The van der Waals surface area contributed by atoms with E-state index in [1.165, 1.54) is 0 Å². The predicted molar refractivity (Wildman–Crippen MR) is 75.8 cm³/mol. The van der Waals surface area contributed by atoms with Crippen molar-refractivity contribution >= 4 is 5.91 Å². The minimum Gasteiger partial charge on any atom is -0.393 e. The lowest BCUT2D eigenvalue weighted by Crippen LogP contribution is -2.35. The summed E-state index contributed by atoms with van der Waals surface area (Å²) < 4.78 is 0. The standard InChI is InChI=1S/C16H23NO2/c1-2-14(12-7-4-3-5-8-12)16(19)17-11-13-9-6-10-15(13)18/h3-5,7-8,13-15,18H,2,6,9-11H2,1H3,(H,17,19). The molecule has 1 aromatic carbocycles. The first-order valence-electron chi connectivity index (χ1n) is 7.23. The number of carbonyl (C=O) groups is 1. The van der Waals surface area contributed by atoms with Gasteiger partial charge in [0.05, 0.1) is 12.0 Å². The summed E-state index contributed by atoms with van der Waals surface area (Å²) in [5.41, 5.74) is 1.06. The second-order valence-corrected chi connectivity index (χ2v) is 5.38.